The molecule has 1 aliphatic heterocycles. The van der Waals surface area contributed by atoms with Crippen LogP contribution in [0.2, 0.25) is 0 Å². The molecular formula is C11H18N2O3S. The normalized spacial score (nSPS) is 25.4. The van der Waals surface area contributed by atoms with E-state index in [1.54, 1.807) is 6.92 Å². The maximum atomic E-state index is 12.1. The van der Waals surface area contributed by atoms with E-state index < -0.39 is 15.8 Å². The van der Waals surface area contributed by atoms with Crippen LogP contribution in [0.5, 0.6) is 0 Å². The van der Waals surface area contributed by atoms with E-state index in [1.807, 2.05) is 19.9 Å². The van der Waals surface area contributed by atoms with Gasteiger partial charge in [0.2, 0.25) is 5.91 Å². The molecular weight excluding hydrogens is 240 g/mol. The van der Waals surface area contributed by atoms with Gasteiger partial charge in [0.15, 0.2) is 9.84 Å². The number of carbonyl (C=O) groups excluding carboxylic acids is 1. The van der Waals surface area contributed by atoms with E-state index in [0.717, 1.165) is 0 Å². The van der Waals surface area contributed by atoms with Gasteiger partial charge in [-0.3, -0.25) is 4.79 Å². The van der Waals surface area contributed by atoms with Gasteiger partial charge in [0.25, 0.3) is 0 Å². The van der Waals surface area contributed by atoms with Crippen molar-refractivity contribution in [1.82, 2.24) is 4.90 Å². The lowest BCUT2D eigenvalue weighted by Crippen LogP contribution is -2.52. The molecule has 6 heteroatoms. The molecule has 0 aromatic carbocycles. The third kappa shape index (κ3) is 3.19. The fourth-order valence-corrected chi connectivity index (χ4v) is 3.55. The molecule has 0 aromatic heterocycles. The third-order valence-corrected chi connectivity index (χ3v) is 4.82. The summed E-state index contributed by atoms with van der Waals surface area (Å²) in [5.41, 5.74) is 0. The summed E-state index contributed by atoms with van der Waals surface area (Å²) >= 11 is 0. The van der Waals surface area contributed by atoms with Gasteiger partial charge in [-0.05, 0) is 12.8 Å². The maximum absolute atomic E-state index is 12.1. The molecule has 1 amide bonds. The van der Waals surface area contributed by atoms with E-state index in [0.29, 0.717) is 0 Å². The van der Waals surface area contributed by atoms with Crippen LogP contribution in [0.3, 0.4) is 0 Å². The van der Waals surface area contributed by atoms with Gasteiger partial charge in [0.1, 0.15) is 5.92 Å². The first-order valence-corrected chi connectivity index (χ1v) is 7.51. The largest absolute Gasteiger partial charge is 0.337 e. The van der Waals surface area contributed by atoms with Crippen LogP contribution in [-0.4, -0.2) is 43.3 Å². The third-order valence-electron chi connectivity index (χ3n) is 3.03. The highest BCUT2D eigenvalue weighted by molar-refractivity contribution is 7.91. The second-order valence-electron chi connectivity index (χ2n) is 4.85. The van der Waals surface area contributed by atoms with E-state index in [-0.39, 0.29) is 35.9 Å². The van der Waals surface area contributed by atoms with E-state index in [1.165, 1.54) is 4.90 Å². The van der Waals surface area contributed by atoms with E-state index in [9.17, 15) is 13.2 Å². The lowest BCUT2D eigenvalue weighted by molar-refractivity contribution is -0.136. The smallest absolute Gasteiger partial charge is 0.240 e. The van der Waals surface area contributed by atoms with Crippen LogP contribution >= 0.6 is 0 Å². The molecule has 0 bridgehead atoms. The van der Waals surface area contributed by atoms with Crippen molar-refractivity contribution in [3.63, 3.8) is 0 Å². The van der Waals surface area contributed by atoms with Gasteiger partial charge in [-0.15, -0.1) is 0 Å². The summed E-state index contributed by atoms with van der Waals surface area (Å²) in [5, 5.41) is 8.97. The lowest BCUT2D eigenvalue weighted by Gasteiger charge is -2.35. The molecule has 1 heterocycles. The molecule has 2 atom stereocenters. The van der Waals surface area contributed by atoms with E-state index >= 15 is 0 Å². The molecule has 1 saturated heterocycles. The van der Waals surface area contributed by atoms with Crippen molar-refractivity contribution in [2.24, 2.45) is 11.8 Å². The van der Waals surface area contributed by atoms with Crippen molar-refractivity contribution in [1.29, 1.82) is 5.26 Å². The minimum absolute atomic E-state index is 0.000671. The zero-order valence-corrected chi connectivity index (χ0v) is 11.2. The Morgan fingerprint density at radius 1 is 1.47 bits per heavy atom. The second kappa shape index (κ2) is 5.05. The van der Waals surface area contributed by atoms with Gasteiger partial charge in [-0.25, -0.2) is 8.42 Å². The van der Waals surface area contributed by atoms with Crippen molar-refractivity contribution in [2.45, 2.75) is 26.8 Å². The summed E-state index contributed by atoms with van der Waals surface area (Å²) in [7, 11) is -3.03. The topological polar surface area (TPSA) is 78.2 Å². The molecule has 2 unspecified atom stereocenters. The average Bonchev–Trinajstić information content (AvgIpc) is 2.15. The number of nitriles is 1. The Morgan fingerprint density at radius 3 is 2.47 bits per heavy atom. The van der Waals surface area contributed by atoms with Gasteiger partial charge < -0.3 is 4.90 Å². The summed E-state index contributed by atoms with van der Waals surface area (Å²) in [6, 6.07) is 1.66. The summed E-state index contributed by atoms with van der Waals surface area (Å²) in [6.07, 6.45) is 0. The fraction of sp³-hybridized carbons (Fsp3) is 0.818. The van der Waals surface area contributed by atoms with Gasteiger partial charge >= 0.3 is 0 Å². The summed E-state index contributed by atoms with van der Waals surface area (Å²) in [6.45, 7) is 5.55. The Morgan fingerprint density at radius 2 is 2.06 bits per heavy atom. The second-order valence-corrected chi connectivity index (χ2v) is 7.07. The highest BCUT2D eigenvalue weighted by atomic mass is 32.2. The van der Waals surface area contributed by atoms with Crippen LogP contribution in [-0.2, 0) is 14.6 Å². The predicted molar refractivity (Wildman–Crippen MR) is 63.8 cm³/mol. The minimum Gasteiger partial charge on any atom is -0.337 e. The quantitative estimate of drug-likeness (QED) is 0.719. The fourth-order valence-electron chi connectivity index (χ4n) is 1.99. The Labute approximate surface area is 102 Å². The average molecular weight is 258 g/mol. The molecule has 1 fully saturated rings. The molecule has 0 aromatic rings. The van der Waals surface area contributed by atoms with Crippen molar-refractivity contribution in [3.05, 3.63) is 0 Å². The molecule has 1 aliphatic rings. The first-order valence-electron chi connectivity index (χ1n) is 5.69. The Bertz CT molecular complexity index is 436. The van der Waals surface area contributed by atoms with E-state index in [2.05, 4.69) is 0 Å². The molecule has 5 nitrogen and oxygen atoms in total. The van der Waals surface area contributed by atoms with E-state index in [4.69, 9.17) is 5.26 Å². The zero-order valence-electron chi connectivity index (χ0n) is 10.4. The molecule has 0 aliphatic carbocycles. The predicted octanol–water partition coefficient (Wildman–Crippen LogP) is 0.428. The molecule has 96 valence electrons. The number of sulfone groups is 1. The van der Waals surface area contributed by atoms with Crippen molar-refractivity contribution in [2.75, 3.05) is 18.1 Å². The minimum atomic E-state index is -3.03. The molecule has 0 N–H and O–H groups in total. The standard InChI is InChI=1S/C11H18N2O3S/c1-8(2)10(6-12)11(14)13-4-5-17(15,16)7-9(13)3/h8-10H,4-5,7H2,1-3H3. The maximum Gasteiger partial charge on any atom is 0.240 e. The Hall–Kier alpha value is -1.09. The summed E-state index contributed by atoms with van der Waals surface area (Å²) < 4.78 is 22.8. The van der Waals surface area contributed by atoms with Gasteiger partial charge in [-0.1, -0.05) is 13.8 Å². The highest BCUT2D eigenvalue weighted by Crippen LogP contribution is 2.19. The van der Waals surface area contributed by atoms with Gasteiger partial charge in [0, 0.05) is 12.6 Å². The first-order chi connectivity index (χ1) is 7.78. The van der Waals surface area contributed by atoms with Crippen LogP contribution < -0.4 is 0 Å². The van der Waals surface area contributed by atoms with Crippen LogP contribution in [0.1, 0.15) is 20.8 Å². The molecule has 0 spiro atoms. The number of rotatable bonds is 2. The van der Waals surface area contributed by atoms with Crippen molar-refractivity contribution in [3.8, 4) is 6.07 Å². The van der Waals surface area contributed by atoms with Crippen LogP contribution in [0.15, 0.2) is 0 Å². The lowest BCUT2D eigenvalue weighted by atomic mass is 9.95. The van der Waals surface area contributed by atoms with Crippen molar-refractivity contribution >= 4 is 15.7 Å². The summed E-state index contributed by atoms with van der Waals surface area (Å²) in [5.74, 6) is -0.990. The number of hydrogen-bond donors (Lipinski definition) is 0. The number of amides is 1. The van der Waals surface area contributed by atoms with Crippen molar-refractivity contribution < 1.29 is 13.2 Å². The van der Waals surface area contributed by atoms with Gasteiger partial charge in [-0.2, -0.15) is 5.26 Å². The highest BCUT2D eigenvalue weighted by Gasteiger charge is 2.35. The Balaban J connectivity index is 2.82. The molecule has 1 rings (SSSR count). The van der Waals surface area contributed by atoms with Crippen LogP contribution in [0, 0.1) is 23.2 Å². The monoisotopic (exact) mass is 258 g/mol. The number of hydrogen-bond acceptors (Lipinski definition) is 4. The first kappa shape index (κ1) is 14.0. The molecule has 0 radical (unpaired) electrons. The molecule has 17 heavy (non-hydrogen) atoms. The summed E-state index contributed by atoms with van der Waals surface area (Å²) in [4.78, 5) is 13.6. The number of nitrogens with zero attached hydrogens (tertiary/aromatic N) is 2. The SMILES string of the molecule is CC(C)C(C#N)C(=O)N1CCS(=O)(=O)CC1C. The van der Waals surface area contributed by atoms with Gasteiger partial charge in [0.05, 0.1) is 17.6 Å². The Kier molecular flexibility index (Phi) is 4.15. The zero-order chi connectivity index (χ0) is 13.2. The van der Waals surface area contributed by atoms with Crippen LogP contribution in [0.25, 0.3) is 0 Å². The molecule has 0 saturated carbocycles. The van der Waals surface area contributed by atoms with Crippen LogP contribution in [0.4, 0.5) is 0 Å². The number of carbonyl (C=O) groups is 1.